The molecule has 0 radical (unpaired) electrons. The number of aliphatic hydroxyl groups is 1. The van der Waals surface area contributed by atoms with Crippen molar-refractivity contribution in [3.63, 3.8) is 0 Å². The van der Waals surface area contributed by atoms with Gasteiger partial charge in [-0.3, -0.25) is 0 Å². The Hall–Kier alpha value is -0.890. The quantitative estimate of drug-likeness (QED) is 0.767. The van der Waals surface area contributed by atoms with Crippen LogP contribution in [-0.2, 0) is 5.60 Å². The molecule has 1 N–H and O–H groups in total. The van der Waals surface area contributed by atoms with Gasteiger partial charge in [-0.2, -0.15) is 0 Å². The monoisotopic (exact) mass is 194 g/mol. The van der Waals surface area contributed by atoms with Gasteiger partial charge in [-0.15, -0.1) is 0 Å². The molecule has 0 aliphatic heterocycles. The number of benzene rings is 1. The Morgan fingerprint density at radius 3 is 2.57 bits per heavy atom. The molecule has 1 atom stereocenters. The molecule has 0 bridgehead atoms. The van der Waals surface area contributed by atoms with Crippen LogP contribution in [0.25, 0.3) is 0 Å². The van der Waals surface area contributed by atoms with Crippen molar-refractivity contribution in [2.75, 3.05) is 0 Å². The number of halogens is 1. The van der Waals surface area contributed by atoms with Gasteiger partial charge in [0.05, 0.1) is 5.60 Å². The number of aryl methyl sites for hydroxylation is 1. The van der Waals surface area contributed by atoms with Gasteiger partial charge in [0.25, 0.3) is 0 Å². The Morgan fingerprint density at radius 2 is 2.07 bits per heavy atom. The molecule has 1 aliphatic rings. The lowest BCUT2D eigenvalue weighted by Gasteiger charge is -2.25. The van der Waals surface area contributed by atoms with E-state index in [1.807, 2.05) is 13.8 Å². The van der Waals surface area contributed by atoms with Gasteiger partial charge < -0.3 is 5.11 Å². The molecule has 1 aliphatic carbocycles. The summed E-state index contributed by atoms with van der Waals surface area (Å²) in [6, 6.07) is 4.59. The zero-order valence-corrected chi connectivity index (χ0v) is 8.55. The van der Waals surface area contributed by atoms with E-state index in [4.69, 9.17) is 0 Å². The van der Waals surface area contributed by atoms with E-state index in [2.05, 4.69) is 0 Å². The van der Waals surface area contributed by atoms with Crippen LogP contribution >= 0.6 is 0 Å². The predicted molar refractivity (Wildman–Crippen MR) is 53.4 cm³/mol. The Kier molecular flexibility index (Phi) is 2.11. The smallest absolute Gasteiger partial charge is 0.123 e. The van der Waals surface area contributed by atoms with Gasteiger partial charge in [0, 0.05) is 0 Å². The molecule has 0 saturated heterocycles. The SMILES string of the molecule is Cc1cc(F)ccc1[C@@](C)(O)C1CC1. The first-order valence-electron chi connectivity index (χ1n) is 5.01. The van der Waals surface area contributed by atoms with Crippen molar-refractivity contribution in [3.8, 4) is 0 Å². The summed E-state index contributed by atoms with van der Waals surface area (Å²) in [6.07, 6.45) is 2.15. The molecule has 0 spiro atoms. The Morgan fingerprint density at radius 1 is 1.43 bits per heavy atom. The van der Waals surface area contributed by atoms with Crippen molar-refractivity contribution >= 4 is 0 Å². The third kappa shape index (κ3) is 1.55. The zero-order chi connectivity index (χ0) is 10.3. The minimum Gasteiger partial charge on any atom is -0.385 e. The van der Waals surface area contributed by atoms with E-state index in [-0.39, 0.29) is 5.82 Å². The first kappa shape index (κ1) is 9.66. The minimum absolute atomic E-state index is 0.238. The lowest BCUT2D eigenvalue weighted by atomic mass is 9.88. The van der Waals surface area contributed by atoms with Crippen molar-refractivity contribution in [1.82, 2.24) is 0 Å². The number of hydrogen-bond acceptors (Lipinski definition) is 1. The highest BCUT2D eigenvalue weighted by Gasteiger charge is 2.41. The topological polar surface area (TPSA) is 20.2 Å². The van der Waals surface area contributed by atoms with Crippen LogP contribution in [0.15, 0.2) is 18.2 Å². The molecule has 1 aromatic carbocycles. The van der Waals surface area contributed by atoms with Crippen LogP contribution in [0.3, 0.4) is 0 Å². The Labute approximate surface area is 83.6 Å². The lowest BCUT2D eigenvalue weighted by molar-refractivity contribution is 0.0324. The highest BCUT2D eigenvalue weighted by atomic mass is 19.1. The molecule has 1 nitrogen and oxygen atoms in total. The van der Waals surface area contributed by atoms with Gasteiger partial charge in [-0.1, -0.05) is 6.07 Å². The summed E-state index contributed by atoms with van der Waals surface area (Å²) >= 11 is 0. The Balaban J connectivity index is 2.40. The lowest BCUT2D eigenvalue weighted by Crippen LogP contribution is -2.24. The maximum Gasteiger partial charge on any atom is 0.123 e. The molecule has 0 unspecified atom stereocenters. The first-order chi connectivity index (χ1) is 6.51. The van der Waals surface area contributed by atoms with Gasteiger partial charge in [0.15, 0.2) is 0 Å². The maximum absolute atomic E-state index is 12.9. The predicted octanol–water partition coefficient (Wildman–Crippen LogP) is 2.75. The molecule has 1 fully saturated rings. The van der Waals surface area contributed by atoms with Crippen LogP contribution in [0.5, 0.6) is 0 Å². The van der Waals surface area contributed by atoms with Crippen LogP contribution < -0.4 is 0 Å². The summed E-state index contributed by atoms with van der Waals surface area (Å²) in [5, 5.41) is 10.3. The van der Waals surface area contributed by atoms with Crippen molar-refractivity contribution in [2.45, 2.75) is 32.3 Å². The summed E-state index contributed by atoms with van der Waals surface area (Å²) in [6.45, 7) is 3.67. The molecule has 0 amide bonds. The van der Waals surface area contributed by atoms with Gasteiger partial charge in [0.2, 0.25) is 0 Å². The van der Waals surface area contributed by atoms with Crippen molar-refractivity contribution in [1.29, 1.82) is 0 Å². The molecular formula is C12H15FO. The molecule has 0 heterocycles. The number of rotatable bonds is 2. The van der Waals surface area contributed by atoms with Crippen LogP contribution in [0.4, 0.5) is 4.39 Å². The summed E-state index contributed by atoms with van der Waals surface area (Å²) < 4.78 is 12.9. The highest BCUT2D eigenvalue weighted by Crippen LogP contribution is 2.46. The molecule has 14 heavy (non-hydrogen) atoms. The van der Waals surface area contributed by atoms with Gasteiger partial charge in [-0.05, 0) is 55.9 Å². The average molecular weight is 194 g/mol. The average Bonchev–Trinajstić information content (AvgIpc) is 2.84. The summed E-state index contributed by atoms with van der Waals surface area (Å²) in [7, 11) is 0. The molecule has 1 aromatic rings. The largest absolute Gasteiger partial charge is 0.385 e. The highest BCUT2D eigenvalue weighted by molar-refractivity contribution is 5.32. The van der Waals surface area contributed by atoms with Crippen molar-refractivity contribution in [2.24, 2.45) is 5.92 Å². The minimum atomic E-state index is -0.780. The fourth-order valence-electron chi connectivity index (χ4n) is 2.06. The summed E-state index contributed by atoms with van der Waals surface area (Å²) in [5.41, 5.74) is 0.918. The van der Waals surface area contributed by atoms with Gasteiger partial charge >= 0.3 is 0 Å². The van der Waals surface area contributed by atoms with Gasteiger partial charge in [-0.25, -0.2) is 4.39 Å². The van der Waals surface area contributed by atoms with E-state index in [0.29, 0.717) is 5.92 Å². The van der Waals surface area contributed by atoms with Crippen molar-refractivity contribution < 1.29 is 9.50 Å². The van der Waals surface area contributed by atoms with E-state index in [1.165, 1.54) is 12.1 Å². The molecule has 76 valence electrons. The van der Waals surface area contributed by atoms with Crippen LogP contribution in [0.2, 0.25) is 0 Å². The molecule has 1 saturated carbocycles. The molecule has 2 rings (SSSR count). The second-order valence-electron chi connectivity index (χ2n) is 4.38. The molecule has 0 aromatic heterocycles. The number of hydrogen-bond donors (Lipinski definition) is 1. The summed E-state index contributed by atoms with van der Waals surface area (Å²) in [4.78, 5) is 0. The summed E-state index contributed by atoms with van der Waals surface area (Å²) in [5.74, 6) is 0.115. The Bertz CT molecular complexity index is 353. The van der Waals surface area contributed by atoms with Crippen LogP contribution in [0, 0.1) is 18.7 Å². The van der Waals surface area contributed by atoms with Gasteiger partial charge in [0.1, 0.15) is 5.82 Å². The van der Waals surface area contributed by atoms with E-state index in [9.17, 15) is 9.50 Å². The normalized spacial score (nSPS) is 20.6. The first-order valence-corrected chi connectivity index (χ1v) is 5.01. The second-order valence-corrected chi connectivity index (χ2v) is 4.38. The molecule has 2 heteroatoms. The van der Waals surface area contributed by atoms with E-state index >= 15 is 0 Å². The third-order valence-electron chi connectivity index (χ3n) is 3.11. The second kappa shape index (κ2) is 3.06. The van der Waals surface area contributed by atoms with E-state index in [1.54, 1.807) is 6.07 Å². The standard InChI is InChI=1S/C12H15FO/c1-8-7-10(13)5-6-11(8)12(2,14)9-3-4-9/h5-7,9,14H,3-4H2,1-2H3/t12-/m0/s1. The van der Waals surface area contributed by atoms with Crippen molar-refractivity contribution in [3.05, 3.63) is 35.1 Å². The molecular weight excluding hydrogens is 179 g/mol. The van der Waals surface area contributed by atoms with E-state index in [0.717, 1.165) is 24.0 Å². The fourth-order valence-corrected chi connectivity index (χ4v) is 2.06. The van der Waals surface area contributed by atoms with Crippen LogP contribution in [0.1, 0.15) is 30.9 Å². The maximum atomic E-state index is 12.9. The van der Waals surface area contributed by atoms with Crippen LogP contribution in [-0.4, -0.2) is 5.11 Å². The third-order valence-corrected chi connectivity index (χ3v) is 3.11. The fraction of sp³-hybridized carbons (Fsp3) is 0.500. The van der Waals surface area contributed by atoms with E-state index < -0.39 is 5.60 Å². The zero-order valence-electron chi connectivity index (χ0n) is 8.55.